The molecule has 1 fully saturated rings. The molecule has 0 radical (unpaired) electrons. The van der Waals surface area contributed by atoms with Crippen LogP contribution in [-0.4, -0.2) is 18.4 Å². The van der Waals surface area contributed by atoms with Crippen LogP contribution in [0.25, 0.3) is 0 Å². The van der Waals surface area contributed by atoms with Gasteiger partial charge in [-0.3, -0.25) is 0 Å². The second-order valence-corrected chi connectivity index (χ2v) is 23.9. The van der Waals surface area contributed by atoms with E-state index < -0.39 is 18.4 Å². The monoisotopic (exact) mass is 466 g/mol. The summed E-state index contributed by atoms with van der Waals surface area (Å²) in [6.45, 7) is 15.2. The van der Waals surface area contributed by atoms with E-state index in [2.05, 4.69) is 108 Å². The van der Waals surface area contributed by atoms with Gasteiger partial charge in [-0.2, -0.15) is 0 Å². The molecule has 0 nitrogen and oxygen atoms in total. The molecule has 2 aliphatic carbocycles. The first-order chi connectivity index (χ1) is 12.7. The zero-order valence-corrected chi connectivity index (χ0v) is 20.7. The molecule has 1 saturated carbocycles. The molecule has 2 aromatic carbocycles. The van der Waals surface area contributed by atoms with Crippen LogP contribution in [0.1, 0.15) is 54.4 Å². The number of hydrogen-bond acceptors (Lipinski definition) is 0. The molecule has 0 saturated heterocycles. The van der Waals surface area contributed by atoms with Crippen LogP contribution in [0.3, 0.4) is 0 Å². The Kier molecular flexibility index (Phi) is 4.46. The van der Waals surface area contributed by atoms with Crippen LogP contribution in [0.5, 0.6) is 0 Å². The van der Waals surface area contributed by atoms with Gasteiger partial charge in [0.05, 0.1) is 0 Å². The molecule has 27 heavy (non-hydrogen) atoms. The molecule has 0 heterocycles. The first-order valence-corrected chi connectivity index (χ1v) is 16.2. The molecular weight excluding hydrogens is 431 g/mol. The maximum atomic E-state index is 2.77. The molecule has 0 N–H and O–H groups in total. The van der Waals surface area contributed by atoms with Gasteiger partial charge < -0.3 is 0 Å². The fourth-order valence-electron chi connectivity index (χ4n) is 6.36. The predicted molar refractivity (Wildman–Crippen MR) is 120 cm³/mol. The van der Waals surface area contributed by atoms with E-state index in [9.17, 15) is 0 Å². The normalized spacial score (nSPS) is 26.9. The summed E-state index contributed by atoms with van der Waals surface area (Å²) in [5.74, 6) is 0.739. The number of rotatable bonds is 3. The molecule has 0 unspecified atom stereocenters. The number of allylic oxidation sites excluding steroid dienone is 2. The summed E-state index contributed by atoms with van der Waals surface area (Å²) in [6.07, 6.45) is 5.48. The summed E-state index contributed by atoms with van der Waals surface area (Å²) in [5.41, 5.74) is 0.700. The minimum absolute atomic E-state index is 0.271. The summed E-state index contributed by atoms with van der Waals surface area (Å²) in [6, 6.07) is 23.2. The van der Waals surface area contributed by atoms with Crippen LogP contribution in [0.4, 0.5) is 0 Å². The van der Waals surface area contributed by atoms with Crippen molar-refractivity contribution < 1.29 is 0 Å². The second kappa shape index (κ2) is 6.24. The van der Waals surface area contributed by atoms with E-state index >= 15 is 0 Å². The Bertz CT molecular complexity index is 815. The fraction of sp³-hybridized carbons (Fsp3) is 0.462. The Morgan fingerprint density at radius 1 is 0.815 bits per heavy atom. The molecule has 1 heteroatoms. The molecular formula is C26H34Sn. The third kappa shape index (κ3) is 2.48. The van der Waals surface area contributed by atoms with E-state index in [1.807, 2.05) is 3.59 Å². The van der Waals surface area contributed by atoms with Crippen LogP contribution in [0.2, 0.25) is 3.43 Å². The van der Waals surface area contributed by atoms with Gasteiger partial charge >= 0.3 is 170 Å². The van der Waals surface area contributed by atoms with Gasteiger partial charge in [0, 0.05) is 0 Å². The quantitative estimate of drug-likeness (QED) is 0.490. The van der Waals surface area contributed by atoms with E-state index in [4.69, 9.17) is 0 Å². The van der Waals surface area contributed by atoms with Crippen molar-refractivity contribution in [1.82, 2.24) is 0 Å². The van der Waals surface area contributed by atoms with E-state index in [0.717, 1.165) is 5.92 Å². The molecule has 142 valence electrons. The molecule has 2 atom stereocenters. The van der Waals surface area contributed by atoms with Crippen molar-refractivity contribution in [2.24, 2.45) is 16.7 Å². The summed E-state index contributed by atoms with van der Waals surface area (Å²) < 4.78 is 5.41. The maximum absolute atomic E-state index is 3.22. The van der Waals surface area contributed by atoms with Crippen LogP contribution in [-0.2, 0) is 0 Å². The SMILES string of the molecule is CC1(C)[C@H]2C=[C]([Sn]([c]3ccccc3)([c]3ccccc3)[C](C)(C)C)[C@]1(C)CC2. The van der Waals surface area contributed by atoms with Crippen molar-refractivity contribution >= 4 is 25.5 Å². The number of benzene rings is 2. The topological polar surface area (TPSA) is 0 Å². The number of fused-ring (bicyclic) bond motifs is 2. The Labute approximate surface area is 170 Å². The minimum atomic E-state index is -3.22. The van der Waals surface area contributed by atoms with Gasteiger partial charge in [-0.15, -0.1) is 0 Å². The average molecular weight is 465 g/mol. The molecule has 4 rings (SSSR count). The van der Waals surface area contributed by atoms with Gasteiger partial charge in [-0.25, -0.2) is 0 Å². The van der Waals surface area contributed by atoms with Crippen LogP contribution in [0, 0.1) is 16.7 Å². The van der Waals surface area contributed by atoms with Crippen molar-refractivity contribution in [3.63, 3.8) is 0 Å². The van der Waals surface area contributed by atoms with Crippen molar-refractivity contribution in [2.75, 3.05) is 0 Å². The summed E-state index contributed by atoms with van der Waals surface area (Å²) in [5, 5.41) is 0. The zero-order chi connectivity index (χ0) is 19.5. The molecule has 0 amide bonds. The number of hydrogen-bond donors (Lipinski definition) is 0. The third-order valence-corrected chi connectivity index (χ3v) is 25.8. The van der Waals surface area contributed by atoms with Gasteiger partial charge in [0.15, 0.2) is 0 Å². The van der Waals surface area contributed by atoms with E-state index in [0.29, 0.717) is 10.8 Å². The summed E-state index contributed by atoms with van der Waals surface area (Å²) in [7, 11) is 0. The van der Waals surface area contributed by atoms with Gasteiger partial charge in [0.2, 0.25) is 0 Å². The van der Waals surface area contributed by atoms with Crippen LogP contribution < -0.4 is 7.16 Å². The summed E-state index contributed by atoms with van der Waals surface area (Å²) in [4.78, 5) is 0. The van der Waals surface area contributed by atoms with Gasteiger partial charge in [0.25, 0.3) is 0 Å². The van der Waals surface area contributed by atoms with Crippen molar-refractivity contribution in [3.05, 3.63) is 70.3 Å². The Hall–Kier alpha value is -1.02. The third-order valence-electron chi connectivity index (χ3n) is 8.21. The summed E-state index contributed by atoms with van der Waals surface area (Å²) >= 11 is -3.22. The van der Waals surface area contributed by atoms with Crippen molar-refractivity contribution in [1.29, 1.82) is 0 Å². The molecule has 2 bridgehead atoms. The van der Waals surface area contributed by atoms with Crippen molar-refractivity contribution in [2.45, 2.75) is 57.8 Å². The van der Waals surface area contributed by atoms with E-state index in [-0.39, 0.29) is 3.43 Å². The molecule has 0 aliphatic heterocycles. The van der Waals surface area contributed by atoms with Gasteiger partial charge in [-0.1, -0.05) is 0 Å². The van der Waals surface area contributed by atoms with Crippen LogP contribution >= 0.6 is 0 Å². The van der Waals surface area contributed by atoms with Crippen molar-refractivity contribution in [3.8, 4) is 0 Å². The average Bonchev–Trinajstić information content (AvgIpc) is 2.97. The zero-order valence-electron chi connectivity index (χ0n) is 17.8. The van der Waals surface area contributed by atoms with E-state index in [1.54, 1.807) is 7.16 Å². The first kappa shape index (κ1) is 19.3. The van der Waals surface area contributed by atoms with Crippen LogP contribution in [0.15, 0.2) is 70.3 Å². The predicted octanol–water partition coefficient (Wildman–Crippen LogP) is 5.97. The Morgan fingerprint density at radius 3 is 1.63 bits per heavy atom. The second-order valence-electron chi connectivity index (χ2n) is 10.5. The van der Waals surface area contributed by atoms with E-state index in [1.165, 1.54) is 12.8 Å². The van der Waals surface area contributed by atoms with Gasteiger partial charge in [0.1, 0.15) is 0 Å². The molecule has 2 aromatic rings. The Balaban J connectivity index is 2.09. The first-order valence-electron chi connectivity index (χ1n) is 10.5. The molecule has 0 aromatic heterocycles. The molecule has 2 aliphatic rings. The van der Waals surface area contributed by atoms with Gasteiger partial charge in [-0.05, 0) is 0 Å². The fourth-order valence-corrected chi connectivity index (χ4v) is 25.2. The molecule has 0 spiro atoms. The Morgan fingerprint density at radius 2 is 1.30 bits per heavy atom. The standard InChI is InChI=1S/C10H15.2C6H5.C4H9.Sn/c1-9(2)8-4-6-10(9,3)7-5-8;2*1-2-4-6-5-3-1;1-4(2)3;/h4,8H,5,7H2,1-3H3;2*1-5H;1-3H3;/t8-,10+;;;;/m0..../s1.